The third-order valence-electron chi connectivity index (χ3n) is 3.52. The van der Waals surface area contributed by atoms with Gasteiger partial charge < -0.3 is 4.74 Å². The Hall–Kier alpha value is -2.94. The van der Waals surface area contributed by atoms with Gasteiger partial charge >= 0.3 is 5.97 Å². The van der Waals surface area contributed by atoms with E-state index < -0.39 is 27.5 Å². The van der Waals surface area contributed by atoms with Gasteiger partial charge in [0, 0.05) is 12.1 Å². The summed E-state index contributed by atoms with van der Waals surface area (Å²) in [4.78, 5) is 21.9. The molecular weight excluding hydrogens is 360 g/mol. The van der Waals surface area contributed by atoms with Crippen LogP contribution in [-0.2, 0) is 19.6 Å². The molecule has 2 aromatic carbocycles. The van der Waals surface area contributed by atoms with Gasteiger partial charge in [0.05, 0.1) is 22.1 Å². The summed E-state index contributed by atoms with van der Waals surface area (Å²) in [7, 11) is -4.21. The summed E-state index contributed by atoms with van der Waals surface area (Å²) in [6.45, 7) is 3.02. The zero-order chi connectivity index (χ0) is 19.3. The van der Waals surface area contributed by atoms with Crippen LogP contribution in [0.15, 0.2) is 53.4 Å². The average Bonchev–Trinajstić information content (AvgIpc) is 2.61. The van der Waals surface area contributed by atoms with Crippen molar-refractivity contribution in [2.75, 3.05) is 17.5 Å². The van der Waals surface area contributed by atoms with Crippen molar-refractivity contribution >= 4 is 27.4 Å². The van der Waals surface area contributed by atoms with E-state index in [1.165, 1.54) is 18.2 Å². The molecular formula is C17H18N2O6S. The molecule has 26 heavy (non-hydrogen) atoms. The third kappa shape index (κ3) is 4.37. The molecule has 0 saturated carbocycles. The summed E-state index contributed by atoms with van der Waals surface area (Å²) in [6.07, 6.45) is 0. The quantitative estimate of drug-likeness (QED) is 0.416. The summed E-state index contributed by atoms with van der Waals surface area (Å²) in [5.41, 5.74) is 0.818. The second-order valence-electron chi connectivity index (χ2n) is 5.41. The first-order valence-electron chi connectivity index (χ1n) is 7.75. The first-order valence-corrected chi connectivity index (χ1v) is 9.19. The second-order valence-corrected chi connectivity index (χ2v) is 7.27. The zero-order valence-electron chi connectivity index (χ0n) is 14.3. The van der Waals surface area contributed by atoms with Crippen molar-refractivity contribution in [1.29, 1.82) is 0 Å². The fraction of sp³-hybridized carbons (Fsp3) is 0.235. The van der Waals surface area contributed by atoms with Crippen LogP contribution in [0, 0.1) is 17.0 Å². The molecule has 9 heteroatoms. The molecule has 0 aliphatic heterocycles. The Morgan fingerprint density at radius 2 is 1.85 bits per heavy atom. The van der Waals surface area contributed by atoms with E-state index in [0.29, 0.717) is 0 Å². The van der Waals surface area contributed by atoms with Crippen LogP contribution in [-0.4, -0.2) is 32.5 Å². The molecule has 0 aliphatic rings. The van der Waals surface area contributed by atoms with Crippen LogP contribution in [0.5, 0.6) is 0 Å². The molecule has 2 aromatic rings. The van der Waals surface area contributed by atoms with Crippen molar-refractivity contribution in [3.8, 4) is 0 Å². The van der Waals surface area contributed by atoms with Crippen LogP contribution in [0.4, 0.5) is 11.4 Å². The minimum atomic E-state index is -4.21. The molecule has 0 unspecified atom stereocenters. The Bertz CT molecular complexity index is 909. The largest absolute Gasteiger partial charge is 0.465 e. The highest BCUT2D eigenvalue weighted by atomic mass is 32.2. The Labute approximate surface area is 151 Å². The van der Waals surface area contributed by atoms with Gasteiger partial charge in [0.15, 0.2) is 0 Å². The third-order valence-corrected chi connectivity index (χ3v) is 5.29. The number of benzene rings is 2. The summed E-state index contributed by atoms with van der Waals surface area (Å²) in [5.74, 6) is -0.720. The molecule has 0 aromatic heterocycles. The average molecular weight is 378 g/mol. The maximum absolute atomic E-state index is 13.0. The highest BCUT2D eigenvalue weighted by molar-refractivity contribution is 7.92. The zero-order valence-corrected chi connectivity index (χ0v) is 15.1. The molecule has 0 aliphatic carbocycles. The van der Waals surface area contributed by atoms with Crippen LogP contribution >= 0.6 is 0 Å². The predicted octanol–water partition coefficient (Wildman–Crippen LogP) is 2.66. The van der Waals surface area contributed by atoms with E-state index in [1.807, 2.05) is 6.92 Å². The topological polar surface area (TPSA) is 107 Å². The number of ether oxygens (including phenoxy) is 1. The number of carbonyl (C=O) groups is 1. The van der Waals surface area contributed by atoms with Crippen LogP contribution in [0.1, 0.15) is 12.5 Å². The molecule has 0 heterocycles. The van der Waals surface area contributed by atoms with Gasteiger partial charge in [-0.2, -0.15) is 0 Å². The monoisotopic (exact) mass is 378 g/mol. The minimum absolute atomic E-state index is 0.109. The van der Waals surface area contributed by atoms with Crippen molar-refractivity contribution in [2.24, 2.45) is 0 Å². The molecule has 0 saturated heterocycles. The van der Waals surface area contributed by atoms with E-state index in [2.05, 4.69) is 0 Å². The first-order chi connectivity index (χ1) is 12.3. The van der Waals surface area contributed by atoms with E-state index in [9.17, 15) is 23.3 Å². The van der Waals surface area contributed by atoms with Crippen LogP contribution < -0.4 is 4.31 Å². The van der Waals surface area contributed by atoms with Crippen LogP contribution in [0.25, 0.3) is 0 Å². The molecule has 0 atom stereocenters. The number of nitro benzene ring substituents is 1. The van der Waals surface area contributed by atoms with E-state index in [1.54, 1.807) is 31.2 Å². The Morgan fingerprint density at radius 3 is 2.42 bits per heavy atom. The number of sulfonamides is 1. The maximum atomic E-state index is 13.0. The number of nitrogens with zero attached hydrogens (tertiary/aromatic N) is 2. The number of hydrogen-bond acceptors (Lipinski definition) is 6. The van der Waals surface area contributed by atoms with Gasteiger partial charge in [0.2, 0.25) is 0 Å². The fourth-order valence-corrected chi connectivity index (χ4v) is 3.68. The van der Waals surface area contributed by atoms with E-state index in [4.69, 9.17) is 4.74 Å². The summed E-state index contributed by atoms with van der Waals surface area (Å²) >= 11 is 0. The van der Waals surface area contributed by atoms with E-state index in [-0.39, 0.29) is 22.9 Å². The van der Waals surface area contributed by atoms with Gasteiger partial charge in [-0.3, -0.25) is 19.2 Å². The van der Waals surface area contributed by atoms with Crippen molar-refractivity contribution < 1.29 is 22.9 Å². The minimum Gasteiger partial charge on any atom is -0.465 e. The van der Waals surface area contributed by atoms with Crippen LogP contribution in [0.3, 0.4) is 0 Å². The lowest BCUT2D eigenvalue weighted by atomic mass is 10.2. The molecule has 0 amide bonds. The molecule has 138 valence electrons. The lowest BCUT2D eigenvalue weighted by Crippen LogP contribution is -2.36. The lowest BCUT2D eigenvalue weighted by Gasteiger charge is -2.23. The number of carbonyl (C=O) groups excluding carboxylic acids is 1. The predicted molar refractivity (Wildman–Crippen MR) is 95.4 cm³/mol. The van der Waals surface area contributed by atoms with Crippen molar-refractivity contribution in [3.63, 3.8) is 0 Å². The fourth-order valence-electron chi connectivity index (χ4n) is 2.23. The number of nitro groups is 1. The summed E-state index contributed by atoms with van der Waals surface area (Å²) in [6, 6.07) is 11.2. The normalized spacial score (nSPS) is 11.0. The van der Waals surface area contributed by atoms with E-state index in [0.717, 1.165) is 15.9 Å². The van der Waals surface area contributed by atoms with Crippen LogP contribution in [0.2, 0.25) is 0 Å². The Morgan fingerprint density at radius 1 is 1.19 bits per heavy atom. The molecule has 8 nitrogen and oxygen atoms in total. The highest BCUT2D eigenvalue weighted by Crippen LogP contribution is 2.26. The molecule has 2 rings (SSSR count). The standard InChI is InChI=1S/C17H18N2O6S/c1-3-25-17(20)12-18(14-9-7-13(2)8-10-14)26(23,24)16-6-4-5-15(11-16)19(21)22/h4-11H,3,12H2,1-2H3. The second kappa shape index (κ2) is 7.96. The van der Waals surface area contributed by atoms with Gasteiger partial charge in [-0.1, -0.05) is 23.8 Å². The Balaban J connectivity index is 2.51. The summed E-state index contributed by atoms with van der Waals surface area (Å²) in [5, 5.41) is 10.9. The first kappa shape index (κ1) is 19.4. The SMILES string of the molecule is CCOC(=O)CN(c1ccc(C)cc1)S(=O)(=O)c1cccc([N+](=O)[O-])c1. The van der Waals surface area contributed by atoms with Gasteiger partial charge in [0.1, 0.15) is 6.54 Å². The van der Waals surface area contributed by atoms with Gasteiger partial charge in [-0.05, 0) is 32.0 Å². The highest BCUT2D eigenvalue weighted by Gasteiger charge is 2.29. The number of esters is 1. The van der Waals surface area contributed by atoms with Crippen molar-refractivity contribution in [1.82, 2.24) is 0 Å². The molecule has 0 fully saturated rings. The molecule has 0 bridgehead atoms. The molecule has 0 radical (unpaired) electrons. The number of hydrogen-bond donors (Lipinski definition) is 0. The van der Waals surface area contributed by atoms with Gasteiger partial charge in [-0.25, -0.2) is 8.42 Å². The van der Waals surface area contributed by atoms with Crippen molar-refractivity contribution in [2.45, 2.75) is 18.7 Å². The van der Waals surface area contributed by atoms with E-state index >= 15 is 0 Å². The number of aryl methyl sites for hydroxylation is 1. The Kier molecular flexibility index (Phi) is 5.93. The molecule has 0 spiro atoms. The van der Waals surface area contributed by atoms with Gasteiger partial charge in [0.25, 0.3) is 15.7 Å². The smallest absolute Gasteiger partial charge is 0.326 e. The number of non-ortho nitro benzene ring substituents is 1. The maximum Gasteiger partial charge on any atom is 0.326 e. The van der Waals surface area contributed by atoms with Gasteiger partial charge in [-0.15, -0.1) is 0 Å². The summed E-state index contributed by atoms with van der Waals surface area (Å²) < 4.78 is 31.8. The number of rotatable bonds is 7. The number of anilines is 1. The lowest BCUT2D eigenvalue weighted by molar-refractivity contribution is -0.385. The molecule has 0 N–H and O–H groups in total. The van der Waals surface area contributed by atoms with Crippen molar-refractivity contribution in [3.05, 3.63) is 64.2 Å².